The normalized spacial score (nSPS) is 17.9. The topological polar surface area (TPSA) is 105 Å². The molecule has 3 amide bonds. The Balaban J connectivity index is 2.43. The molecule has 2 heterocycles. The Labute approximate surface area is 120 Å². The van der Waals surface area contributed by atoms with Crippen LogP contribution in [0.5, 0.6) is 0 Å². The van der Waals surface area contributed by atoms with Gasteiger partial charge in [-0.3, -0.25) is 19.7 Å². The summed E-state index contributed by atoms with van der Waals surface area (Å²) in [6.45, 7) is 2.82. The molecule has 1 aromatic heterocycles. The lowest BCUT2D eigenvalue weighted by Crippen LogP contribution is -2.65. The highest BCUT2D eigenvalue weighted by atomic mass is 35.5. The number of nitrogens with zero attached hydrogens (tertiary/aromatic N) is 2. The summed E-state index contributed by atoms with van der Waals surface area (Å²) in [6, 6.07) is 2.90. The van der Waals surface area contributed by atoms with Crippen molar-refractivity contribution in [2.24, 2.45) is 0 Å². The Hall–Kier alpha value is -2.15. The maximum atomic E-state index is 12.5. The summed E-state index contributed by atoms with van der Waals surface area (Å²) in [5.41, 5.74) is 4.27. The average molecular weight is 297 g/mol. The number of nitrogens with one attached hydrogen (secondary N) is 1. The van der Waals surface area contributed by atoms with E-state index in [1.165, 1.54) is 26.0 Å². The summed E-state index contributed by atoms with van der Waals surface area (Å²) in [5, 5.41) is 2.29. The molecule has 0 atom stereocenters. The molecule has 8 heteroatoms. The second-order valence-corrected chi connectivity index (χ2v) is 5.30. The van der Waals surface area contributed by atoms with Gasteiger partial charge in [-0.15, -0.1) is 0 Å². The van der Waals surface area contributed by atoms with Gasteiger partial charge in [0, 0.05) is 0 Å². The number of nitrogens with two attached hydrogens (primary N) is 1. The van der Waals surface area contributed by atoms with E-state index in [9.17, 15) is 14.4 Å². The third kappa shape index (κ3) is 2.32. The van der Waals surface area contributed by atoms with Crippen LogP contribution in [0.3, 0.4) is 0 Å². The molecular weight excluding hydrogens is 284 g/mol. The molecule has 0 aliphatic carbocycles. The standard InChI is InChI=1S/C12H13ClN4O3/c1-12(2)11(20)16-8(18)5-17(12)10(19)9-6(13)3-4-7(14)15-9/h3-4H,5H2,1-2H3,(H2,14,15)(H,16,18,20). The molecule has 1 aliphatic rings. The van der Waals surface area contributed by atoms with E-state index in [-0.39, 0.29) is 23.1 Å². The van der Waals surface area contributed by atoms with Gasteiger partial charge in [0.1, 0.15) is 23.6 Å². The van der Waals surface area contributed by atoms with Crippen LogP contribution in [0, 0.1) is 0 Å². The molecule has 106 valence electrons. The van der Waals surface area contributed by atoms with Gasteiger partial charge >= 0.3 is 0 Å². The Morgan fingerprint density at radius 3 is 2.75 bits per heavy atom. The minimum absolute atomic E-state index is 0.0813. The highest BCUT2D eigenvalue weighted by Crippen LogP contribution is 2.24. The Bertz CT molecular complexity index is 615. The van der Waals surface area contributed by atoms with Crippen LogP contribution in [0.2, 0.25) is 5.02 Å². The zero-order valence-electron chi connectivity index (χ0n) is 10.9. The SMILES string of the molecule is CC1(C)C(=O)NC(=O)CN1C(=O)c1nc(N)ccc1Cl. The number of carbonyl (C=O) groups excluding carboxylic acids is 3. The van der Waals surface area contributed by atoms with Crippen LogP contribution < -0.4 is 11.1 Å². The highest BCUT2D eigenvalue weighted by Gasteiger charge is 2.44. The fourth-order valence-corrected chi connectivity index (χ4v) is 2.03. The Morgan fingerprint density at radius 2 is 2.10 bits per heavy atom. The molecule has 0 spiro atoms. The molecule has 20 heavy (non-hydrogen) atoms. The lowest BCUT2D eigenvalue weighted by molar-refractivity contribution is -0.143. The third-order valence-electron chi connectivity index (χ3n) is 3.10. The fraction of sp³-hybridized carbons (Fsp3) is 0.333. The van der Waals surface area contributed by atoms with Crippen LogP contribution >= 0.6 is 11.6 Å². The van der Waals surface area contributed by atoms with Crippen molar-refractivity contribution in [2.45, 2.75) is 19.4 Å². The van der Waals surface area contributed by atoms with Gasteiger partial charge in [-0.2, -0.15) is 0 Å². The summed E-state index contributed by atoms with van der Waals surface area (Å²) < 4.78 is 0. The predicted molar refractivity (Wildman–Crippen MR) is 71.9 cm³/mol. The summed E-state index contributed by atoms with van der Waals surface area (Å²) in [5.74, 6) is -1.59. The first-order valence-electron chi connectivity index (χ1n) is 5.81. The number of anilines is 1. The van der Waals surface area contributed by atoms with E-state index < -0.39 is 23.3 Å². The van der Waals surface area contributed by atoms with Crippen molar-refractivity contribution in [3.05, 3.63) is 22.8 Å². The molecule has 1 aromatic rings. The minimum atomic E-state index is -1.18. The highest BCUT2D eigenvalue weighted by molar-refractivity contribution is 6.33. The van der Waals surface area contributed by atoms with Crippen LogP contribution in [-0.4, -0.2) is 39.7 Å². The van der Waals surface area contributed by atoms with Crippen molar-refractivity contribution >= 4 is 35.1 Å². The van der Waals surface area contributed by atoms with Gasteiger partial charge in [0.15, 0.2) is 0 Å². The molecule has 0 aromatic carbocycles. The van der Waals surface area contributed by atoms with Crippen molar-refractivity contribution in [1.82, 2.24) is 15.2 Å². The van der Waals surface area contributed by atoms with E-state index >= 15 is 0 Å². The van der Waals surface area contributed by atoms with E-state index in [1.807, 2.05) is 0 Å². The number of carbonyl (C=O) groups is 3. The maximum absolute atomic E-state index is 12.5. The predicted octanol–water partition coefficient (Wildman–Crippen LogP) is 0.194. The van der Waals surface area contributed by atoms with Crippen LogP contribution in [0.1, 0.15) is 24.3 Å². The molecule has 1 aliphatic heterocycles. The number of rotatable bonds is 1. The number of hydrogen-bond acceptors (Lipinski definition) is 5. The molecule has 0 unspecified atom stereocenters. The Morgan fingerprint density at radius 1 is 1.45 bits per heavy atom. The van der Waals surface area contributed by atoms with Gasteiger partial charge in [0.2, 0.25) is 5.91 Å². The number of imide groups is 1. The molecule has 0 radical (unpaired) electrons. The van der Waals surface area contributed by atoms with Crippen LogP contribution in [0.25, 0.3) is 0 Å². The maximum Gasteiger partial charge on any atom is 0.275 e. The van der Waals surface area contributed by atoms with Gasteiger partial charge in [0.25, 0.3) is 11.8 Å². The van der Waals surface area contributed by atoms with Crippen LogP contribution in [0.15, 0.2) is 12.1 Å². The fourth-order valence-electron chi connectivity index (χ4n) is 1.84. The first-order valence-corrected chi connectivity index (χ1v) is 6.19. The number of nitrogen functional groups attached to an aromatic ring is 1. The summed E-state index contributed by atoms with van der Waals surface area (Å²) in [6.07, 6.45) is 0. The van der Waals surface area contributed by atoms with Crippen molar-refractivity contribution in [3.8, 4) is 0 Å². The number of amides is 3. The molecule has 7 nitrogen and oxygen atoms in total. The van der Waals surface area contributed by atoms with Gasteiger partial charge in [-0.1, -0.05) is 11.6 Å². The summed E-state index contributed by atoms with van der Waals surface area (Å²) in [7, 11) is 0. The molecule has 0 bridgehead atoms. The van der Waals surface area contributed by atoms with Crippen molar-refractivity contribution < 1.29 is 14.4 Å². The quantitative estimate of drug-likeness (QED) is 0.720. The van der Waals surface area contributed by atoms with Crippen molar-refractivity contribution in [2.75, 3.05) is 12.3 Å². The average Bonchev–Trinajstić information content (AvgIpc) is 2.36. The van der Waals surface area contributed by atoms with Gasteiger partial charge in [-0.25, -0.2) is 4.98 Å². The Kier molecular flexibility index (Phi) is 3.39. The van der Waals surface area contributed by atoms with Gasteiger partial charge in [0.05, 0.1) is 5.02 Å². The monoisotopic (exact) mass is 296 g/mol. The second-order valence-electron chi connectivity index (χ2n) is 4.89. The zero-order valence-corrected chi connectivity index (χ0v) is 11.7. The lowest BCUT2D eigenvalue weighted by atomic mass is 9.98. The van der Waals surface area contributed by atoms with Crippen LogP contribution in [0.4, 0.5) is 5.82 Å². The van der Waals surface area contributed by atoms with E-state index in [0.29, 0.717) is 0 Å². The molecule has 2 rings (SSSR count). The molecular formula is C12H13ClN4O3. The minimum Gasteiger partial charge on any atom is -0.384 e. The van der Waals surface area contributed by atoms with Crippen molar-refractivity contribution in [3.63, 3.8) is 0 Å². The summed E-state index contributed by atoms with van der Waals surface area (Å²) in [4.78, 5) is 40.7. The van der Waals surface area contributed by atoms with Crippen molar-refractivity contribution in [1.29, 1.82) is 0 Å². The van der Waals surface area contributed by atoms with Gasteiger partial charge < -0.3 is 10.6 Å². The van der Waals surface area contributed by atoms with E-state index in [1.54, 1.807) is 0 Å². The smallest absolute Gasteiger partial charge is 0.275 e. The zero-order chi connectivity index (χ0) is 15.1. The van der Waals surface area contributed by atoms with E-state index in [0.717, 1.165) is 4.90 Å². The van der Waals surface area contributed by atoms with E-state index in [4.69, 9.17) is 17.3 Å². The van der Waals surface area contributed by atoms with Gasteiger partial charge in [-0.05, 0) is 26.0 Å². The molecule has 0 saturated carbocycles. The lowest BCUT2D eigenvalue weighted by Gasteiger charge is -2.39. The van der Waals surface area contributed by atoms with E-state index in [2.05, 4.69) is 10.3 Å². The number of halogens is 1. The first kappa shape index (κ1) is 14.3. The first-order chi connectivity index (χ1) is 9.23. The number of aromatic nitrogens is 1. The number of hydrogen-bond donors (Lipinski definition) is 2. The largest absolute Gasteiger partial charge is 0.384 e. The third-order valence-corrected chi connectivity index (χ3v) is 3.41. The molecule has 1 fully saturated rings. The summed E-state index contributed by atoms with van der Waals surface area (Å²) >= 11 is 5.93. The number of pyridine rings is 1. The molecule has 1 saturated heterocycles. The number of piperazine rings is 1. The van der Waals surface area contributed by atoms with Crippen LogP contribution in [-0.2, 0) is 9.59 Å². The molecule has 3 N–H and O–H groups in total. The second kappa shape index (κ2) is 4.75.